The van der Waals surface area contributed by atoms with Crippen molar-refractivity contribution in [3.63, 3.8) is 0 Å². The number of fused-ring (bicyclic) bond motifs is 3. The minimum absolute atomic E-state index is 0.321. The van der Waals surface area contributed by atoms with Crippen LogP contribution >= 0.6 is 0 Å². The predicted octanol–water partition coefficient (Wildman–Crippen LogP) is 5.23. The number of anilines is 1. The molecule has 1 aliphatic heterocycles. The van der Waals surface area contributed by atoms with E-state index in [4.69, 9.17) is 13.9 Å². The normalized spacial score (nSPS) is 12.8. The summed E-state index contributed by atoms with van der Waals surface area (Å²) >= 11 is 0. The molecule has 3 aromatic carbocycles. The third kappa shape index (κ3) is 4.03. The van der Waals surface area contributed by atoms with Crippen LogP contribution in [0.5, 0.6) is 5.75 Å². The molecule has 0 bridgehead atoms. The van der Waals surface area contributed by atoms with Crippen molar-refractivity contribution in [2.75, 3.05) is 18.2 Å². The summed E-state index contributed by atoms with van der Waals surface area (Å²) in [6.07, 6.45) is 0.525. The fourth-order valence-corrected chi connectivity index (χ4v) is 4.35. The lowest BCUT2D eigenvalue weighted by Gasteiger charge is -2.31. The number of ether oxygens (including phenoxy) is 2. The average molecular weight is 456 g/mol. The fourth-order valence-electron chi connectivity index (χ4n) is 4.35. The van der Waals surface area contributed by atoms with Crippen molar-refractivity contribution < 1.29 is 18.7 Å². The van der Waals surface area contributed by atoms with Crippen molar-refractivity contribution >= 4 is 22.6 Å². The Hall–Kier alpha value is -4.06. The Kier molecular flexibility index (Phi) is 5.80. The van der Waals surface area contributed by atoms with Crippen LogP contribution in [-0.4, -0.2) is 19.3 Å². The molecule has 0 unspecified atom stereocenters. The summed E-state index contributed by atoms with van der Waals surface area (Å²) in [4.78, 5) is 27.0. The van der Waals surface area contributed by atoms with Crippen molar-refractivity contribution in [3.8, 4) is 5.75 Å². The molecule has 0 saturated heterocycles. The number of esters is 1. The summed E-state index contributed by atoms with van der Waals surface area (Å²) in [5, 5.41) is 0.910. The molecule has 0 saturated carbocycles. The Morgan fingerprint density at radius 1 is 1.03 bits per heavy atom. The molecule has 2 heterocycles. The van der Waals surface area contributed by atoms with Crippen LogP contribution in [0.15, 0.2) is 75.9 Å². The van der Waals surface area contributed by atoms with Gasteiger partial charge in [0.1, 0.15) is 11.3 Å². The van der Waals surface area contributed by atoms with Crippen molar-refractivity contribution in [1.82, 2.24) is 0 Å². The lowest BCUT2D eigenvalue weighted by molar-refractivity contribution is 0.0526. The first-order valence-corrected chi connectivity index (χ1v) is 11.3. The summed E-state index contributed by atoms with van der Waals surface area (Å²) in [5.41, 5.74) is 5.14. The molecule has 34 heavy (non-hydrogen) atoms. The Morgan fingerprint density at radius 2 is 1.79 bits per heavy atom. The van der Waals surface area contributed by atoms with Crippen molar-refractivity contribution in [1.29, 1.82) is 0 Å². The van der Waals surface area contributed by atoms with E-state index in [-0.39, 0.29) is 11.6 Å². The zero-order chi connectivity index (χ0) is 23.7. The number of carbonyl (C=O) groups excluding carboxylic acids is 1. The zero-order valence-corrected chi connectivity index (χ0v) is 19.2. The molecule has 0 spiro atoms. The van der Waals surface area contributed by atoms with Crippen molar-refractivity contribution in [2.24, 2.45) is 0 Å². The van der Waals surface area contributed by atoms with Crippen molar-refractivity contribution in [2.45, 2.75) is 26.8 Å². The third-order valence-corrected chi connectivity index (χ3v) is 6.21. The van der Waals surface area contributed by atoms with E-state index < -0.39 is 0 Å². The van der Waals surface area contributed by atoms with Gasteiger partial charge in [-0.1, -0.05) is 30.3 Å². The number of aryl methyl sites for hydroxylation is 1. The topological polar surface area (TPSA) is 69.0 Å². The number of carbonyl (C=O) groups is 1. The maximum atomic E-state index is 13.0. The van der Waals surface area contributed by atoms with Crippen LogP contribution in [0.1, 0.15) is 39.5 Å². The highest BCUT2D eigenvalue weighted by Crippen LogP contribution is 2.35. The number of hydrogen-bond acceptors (Lipinski definition) is 6. The van der Waals surface area contributed by atoms with Crippen LogP contribution in [0, 0.1) is 6.92 Å². The molecule has 0 aliphatic carbocycles. The van der Waals surface area contributed by atoms with Gasteiger partial charge in [-0.05, 0) is 61.4 Å². The molecule has 0 radical (unpaired) electrons. The van der Waals surface area contributed by atoms with Gasteiger partial charge in [0, 0.05) is 23.1 Å². The molecule has 6 nitrogen and oxygen atoms in total. The number of rotatable bonds is 5. The first-order chi connectivity index (χ1) is 16.5. The minimum atomic E-state index is -0.344. The molecule has 4 aromatic rings. The molecule has 5 rings (SSSR count). The van der Waals surface area contributed by atoms with E-state index in [1.807, 2.05) is 66.4 Å². The van der Waals surface area contributed by atoms with Crippen molar-refractivity contribution in [3.05, 3.63) is 105 Å². The van der Waals surface area contributed by atoms with Crippen LogP contribution in [0.4, 0.5) is 5.69 Å². The molecule has 0 N–H and O–H groups in total. The van der Waals surface area contributed by atoms with Gasteiger partial charge in [0.15, 0.2) is 6.73 Å². The van der Waals surface area contributed by atoms with Crippen LogP contribution in [0.2, 0.25) is 0 Å². The van der Waals surface area contributed by atoms with Gasteiger partial charge in [-0.3, -0.25) is 0 Å². The summed E-state index contributed by atoms with van der Waals surface area (Å²) in [5.74, 6) is 0.370. The molecule has 1 aromatic heterocycles. The van der Waals surface area contributed by atoms with Gasteiger partial charge in [0.05, 0.1) is 24.3 Å². The summed E-state index contributed by atoms with van der Waals surface area (Å²) in [6.45, 7) is 4.96. The van der Waals surface area contributed by atoms with E-state index in [2.05, 4.69) is 0 Å². The maximum Gasteiger partial charge on any atom is 0.340 e. The zero-order valence-electron chi connectivity index (χ0n) is 19.2. The monoisotopic (exact) mass is 455 g/mol. The molecule has 6 heteroatoms. The third-order valence-electron chi connectivity index (χ3n) is 6.21. The highest BCUT2D eigenvalue weighted by molar-refractivity contribution is 5.90. The second-order valence-electron chi connectivity index (χ2n) is 8.31. The maximum absolute atomic E-state index is 13.0. The Bertz CT molecular complexity index is 1410. The molecule has 172 valence electrons. The van der Waals surface area contributed by atoms with Gasteiger partial charge in [-0.2, -0.15) is 0 Å². The Labute approximate surface area is 197 Å². The van der Waals surface area contributed by atoms with Gasteiger partial charge in [0.25, 0.3) is 0 Å². The van der Waals surface area contributed by atoms with E-state index in [1.54, 1.807) is 19.1 Å². The second kappa shape index (κ2) is 9.06. The lowest BCUT2D eigenvalue weighted by Crippen LogP contribution is -2.32. The Morgan fingerprint density at radius 3 is 2.53 bits per heavy atom. The summed E-state index contributed by atoms with van der Waals surface area (Å²) in [6, 6.07) is 21.0. The first kappa shape index (κ1) is 21.8. The van der Waals surface area contributed by atoms with Gasteiger partial charge < -0.3 is 18.8 Å². The highest BCUT2D eigenvalue weighted by Gasteiger charge is 2.24. The molecule has 0 fully saturated rings. The molecular formula is C28H25NO5. The number of nitrogens with zero attached hydrogens (tertiary/aromatic N) is 1. The Balaban J connectivity index is 1.48. The second-order valence-corrected chi connectivity index (χ2v) is 8.31. The predicted molar refractivity (Wildman–Crippen MR) is 131 cm³/mol. The lowest BCUT2D eigenvalue weighted by atomic mass is 9.97. The average Bonchev–Trinajstić information content (AvgIpc) is 2.87. The van der Waals surface area contributed by atoms with Crippen LogP contribution in [-0.2, 0) is 17.7 Å². The van der Waals surface area contributed by atoms with Crippen LogP contribution in [0.3, 0.4) is 0 Å². The first-order valence-electron chi connectivity index (χ1n) is 11.3. The molecule has 0 amide bonds. The van der Waals surface area contributed by atoms with Crippen LogP contribution in [0.25, 0.3) is 11.0 Å². The minimum Gasteiger partial charge on any atom is -0.473 e. The quantitative estimate of drug-likeness (QED) is 0.303. The van der Waals surface area contributed by atoms with Gasteiger partial charge in [-0.25, -0.2) is 9.59 Å². The summed E-state index contributed by atoms with van der Waals surface area (Å²) < 4.78 is 16.9. The molecule has 1 aliphatic rings. The van der Waals surface area contributed by atoms with Gasteiger partial charge in [-0.15, -0.1) is 0 Å². The van der Waals surface area contributed by atoms with E-state index in [1.165, 1.54) is 0 Å². The van der Waals surface area contributed by atoms with Crippen LogP contribution < -0.4 is 15.3 Å². The molecular weight excluding hydrogens is 430 g/mol. The highest BCUT2D eigenvalue weighted by atomic mass is 16.5. The smallest absolute Gasteiger partial charge is 0.340 e. The standard InChI is InChI=1S/C28H25NO5/c1-3-32-27(30)20-9-11-21(12-10-20)29-16-24-25(33-17-29)14-13-22-18(2)23(28(31)34-26(22)24)15-19-7-5-4-6-8-19/h4-14H,3,15-17H2,1-2H3. The van der Waals surface area contributed by atoms with Gasteiger partial charge in [0.2, 0.25) is 0 Å². The number of hydrogen-bond donors (Lipinski definition) is 0. The fraction of sp³-hybridized carbons (Fsp3) is 0.214. The van der Waals surface area contributed by atoms with E-state index >= 15 is 0 Å². The SMILES string of the molecule is CCOC(=O)c1ccc(N2COc3ccc4c(C)c(Cc5ccccc5)c(=O)oc4c3C2)cc1. The number of benzene rings is 3. The largest absolute Gasteiger partial charge is 0.473 e. The molecule has 0 atom stereocenters. The van der Waals surface area contributed by atoms with E-state index in [0.717, 1.165) is 27.8 Å². The van der Waals surface area contributed by atoms with Gasteiger partial charge >= 0.3 is 11.6 Å². The summed E-state index contributed by atoms with van der Waals surface area (Å²) in [7, 11) is 0. The van der Waals surface area contributed by atoms with E-state index in [9.17, 15) is 9.59 Å². The van der Waals surface area contributed by atoms with E-state index in [0.29, 0.717) is 48.8 Å².